The van der Waals surface area contributed by atoms with Gasteiger partial charge in [0, 0.05) is 0 Å². The van der Waals surface area contributed by atoms with E-state index in [1.807, 2.05) is 0 Å². The SMILES string of the molecule is Cc1ccc(OCCCCCCN2CCCC2)c(C)c1. The number of likely N-dealkylation sites (tertiary alicyclic amines) is 1. The van der Waals surface area contributed by atoms with Crippen molar-refractivity contribution in [1.29, 1.82) is 0 Å². The van der Waals surface area contributed by atoms with Crippen LogP contribution in [0.25, 0.3) is 0 Å². The number of ether oxygens (including phenoxy) is 1. The molecule has 1 heterocycles. The lowest BCUT2D eigenvalue weighted by Gasteiger charge is -2.14. The van der Waals surface area contributed by atoms with E-state index in [2.05, 4.69) is 36.9 Å². The summed E-state index contributed by atoms with van der Waals surface area (Å²) >= 11 is 0. The minimum absolute atomic E-state index is 0.855. The Hall–Kier alpha value is -1.02. The van der Waals surface area contributed by atoms with E-state index in [4.69, 9.17) is 4.74 Å². The van der Waals surface area contributed by atoms with Crippen molar-refractivity contribution in [3.8, 4) is 5.75 Å². The second kappa shape index (κ2) is 8.31. The molecule has 0 bridgehead atoms. The quantitative estimate of drug-likeness (QED) is 0.654. The minimum Gasteiger partial charge on any atom is -0.493 e. The summed E-state index contributed by atoms with van der Waals surface area (Å²) < 4.78 is 5.86. The first kappa shape index (κ1) is 15.4. The zero-order chi connectivity index (χ0) is 14.2. The first-order chi connectivity index (χ1) is 9.75. The predicted octanol–water partition coefficient (Wildman–Crippen LogP) is 4.34. The molecule has 1 aliphatic rings. The molecular formula is C18H29NO. The molecule has 112 valence electrons. The van der Waals surface area contributed by atoms with Crippen molar-refractivity contribution >= 4 is 0 Å². The van der Waals surface area contributed by atoms with Crippen molar-refractivity contribution in [3.05, 3.63) is 29.3 Å². The van der Waals surface area contributed by atoms with Crippen LogP contribution in [0.2, 0.25) is 0 Å². The maximum atomic E-state index is 5.86. The summed E-state index contributed by atoms with van der Waals surface area (Å²) in [6.07, 6.45) is 7.97. The smallest absolute Gasteiger partial charge is 0.122 e. The van der Waals surface area contributed by atoms with Gasteiger partial charge in [-0.1, -0.05) is 30.5 Å². The molecule has 0 amide bonds. The van der Waals surface area contributed by atoms with Gasteiger partial charge in [-0.2, -0.15) is 0 Å². The molecule has 0 aliphatic carbocycles. The van der Waals surface area contributed by atoms with Gasteiger partial charge in [-0.25, -0.2) is 0 Å². The van der Waals surface area contributed by atoms with E-state index in [0.717, 1.165) is 12.4 Å². The maximum absolute atomic E-state index is 5.86. The summed E-state index contributed by atoms with van der Waals surface area (Å²) in [6, 6.07) is 6.40. The van der Waals surface area contributed by atoms with Crippen LogP contribution in [-0.4, -0.2) is 31.1 Å². The highest BCUT2D eigenvalue weighted by Crippen LogP contribution is 2.19. The number of hydrogen-bond donors (Lipinski definition) is 0. The fourth-order valence-corrected chi connectivity index (χ4v) is 2.94. The van der Waals surface area contributed by atoms with Crippen LogP contribution in [0.1, 0.15) is 49.7 Å². The molecule has 2 heteroatoms. The number of rotatable bonds is 8. The van der Waals surface area contributed by atoms with Crippen LogP contribution in [0, 0.1) is 13.8 Å². The molecule has 0 atom stereocenters. The Kier molecular flexibility index (Phi) is 6.38. The lowest BCUT2D eigenvalue weighted by Crippen LogP contribution is -2.20. The van der Waals surface area contributed by atoms with Gasteiger partial charge in [-0.3, -0.25) is 0 Å². The van der Waals surface area contributed by atoms with Crippen molar-refractivity contribution in [2.45, 2.75) is 52.4 Å². The Morgan fingerprint density at radius 3 is 2.50 bits per heavy atom. The van der Waals surface area contributed by atoms with Crippen LogP contribution >= 0.6 is 0 Å². The molecule has 0 N–H and O–H groups in total. The van der Waals surface area contributed by atoms with E-state index in [0.29, 0.717) is 0 Å². The van der Waals surface area contributed by atoms with Gasteiger partial charge in [0.25, 0.3) is 0 Å². The third-order valence-corrected chi connectivity index (χ3v) is 4.16. The Balaban J connectivity index is 1.50. The normalized spacial score (nSPS) is 15.7. The first-order valence-corrected chi connectivity index (χ1v) is 8.18. The maximum Gasteiger partial charge on any atom is 0.122 e. The summed E-state index contributed by atoms with van der Waals surface area (Å²) in [5.74, 6) is 1.05. The van der Waals surface area contributed by atoms with E-state index >= 15 is 0 Å². The molecule has 0 saturated carbocycles. The topological polar surface area (TPSA) is 12.5 Å². The number of benzene rings is 1. The van der Waals surface area contributed by atoms with Crippen LogP contribution < -0.4 is 4.74 Å². The Morgan fingerprint density at radius 1 is 1.00 bits per heavy atom. The molecule has 1 saturated heterocycles. The number of nitrogens with zero attached hydrogens (tertiary/aromatic N) is 1. The van der Waals surface area contributed by atoms with Crippen molar-refractivity contribution < 1.29 is 4.74 Å². The Morgan fingerprint density at radius 2 is 1.75 bits per heavy atom. The molecule has 1 aromatic carbocycles. The fourth-order valence-electron chi connectivity index (χ4n) is 2.94. The molecule has 0 radical (unpaired) electrons. The summed E-state index contributed by atoms with van der Waals surface area (Å²) in [5, 5.41) is 0. The van der Waals surface area contributed by atoms with Crippen molar-refractivity contribution in [1.82, 2.24) is 4.90 Å². The van der Waals surface area contributed by atoms with Gasteiger partial charge in [0.2, 0.25) is 0 Å². The van der Waals surface area contributed by atoms with Crippen LogP contribution in [0.15, 0.2) is 18.2 Å². The lowest BCUT2D eigenvalue weighted by molar-refractivity contribution is 0.295. The second-order valence-electron chi connectivity index (χ2n) is 6.08. The molecule has 1 aliphatic heterocycles. The number of unbranched alkanes of at least 4 members (excludes halogenated alkanes) is 3. The molecule has 2 nitrogen and oxygen atoms in total. The van der Waals surface area contributed by atoms with Gasteiger partial charge in [0.1, 0.15) is 5.75 Å². The Bertz CT molecular complexity index is 396. The van der Waals surface area contributed by atoms with Crippen molar-refractivity contribution in [2.24, 2.45) is 0 Å². The van der Waals surface area contributed by atoms with E-state index in [1.165, 1.54) is 69.3 Å². The third-order valence-electron chi connectivity index (χ3n) is 4.16. The largest absolute Gasteiger partial charge is 0.493 e. The average molecular weight is 275 g/mol. The molecule has 2 rings (SSSR count). The van der Waals surface area contributed by atoms with Gasteiger partial charge >= 0.3 is 0 Å². The van der Waals surface area contributed by atoms with E-state index < -0.39 is 0 Å². The molecular weight excluding hydrogens is 246 g/mol. The second-order valence-corrected chi connectivity index (χ2v) is 6.08. The zero-order valence-electron chi connectivity index (χ0n) is 13.2. The highest BCUT2D eigenvalue weighted by Gasteiger charge is 2.09. The minimum atomic E-state index is 0.855. The summed E-state index contributed by atoms with van der Waals surface area (Å²) in [6.45, 7) is 9.06. The van der Waals surface area contributed by atoms with Crippen molar-refractivity contribution in [3.63, 3.8) is 0 Å². The standard InChI is InChI=1S/C18H29NO/c1-16-9-10-18(17(2)15-16)20-14-8-4-3-5-11-19-12-6-7-13-19/h9-10,15H,3-8,11-14H2,1-2H3. The van der Waals surface area contributed by atoms with Gasteiger partial charge in [-0.15, -0.1) is 0 Å². The van der Waals surface area contributed by atoms with Crippen LogP contribution in [0.5, 0.6) is 5.75 Å². The van der Waals surface area contributed by atoms with Gasteiger partial charge in [0.05, 0.1) is 6.61 Å². The Labute approximate surface area is 124 Å². The number of hydrogen-bond acceptors (Lipinski definition) is 2. The third kappa shape index (κ3) is 5.16. The fraction of sp³-hybridized carbons (Fsp3) is 0.667. The van der Waals surface area contributed by atoms with Crippen LogP contribution in [0.3, 0.4) is 0 Å². The monoisotopic (exact) mass is 275 g/mol. The summed E-state index contributed by atoms with van der Waals surface area (Å²) in [7, 11) is 0. The lowest BCUT2D eigenvalue weighted by atomic mass is 10.1. The molecule has 0 spiro atoms. The summed E-state index contributed by atoms with van der Waals surface area (Å²) in [4.78, 5) is 2.60. The highest BCUT2D eigenvalue weighted by molar-refractivity contribution is 5.35. The number of aryl methyl sites for hydroxylation is 2. The van der Waals surface area contributed by atoms with E-state index in [1.54, 1.807) is 0 Å². The van der Waals surface area contributed by atoms with E-state index in [9.17, 15) is 0 Å². The van der Waals surface area contributed by atoms with Crippen molar-refractivity contribution in [2.75, 3.05) is 26.2 Å². The average Bonchev–Trinajstić information content (AvgIpc) is 2.93. The predicted molar refractivity (Wildman–Crippen MR) is 85.6 cm³/mol. The summed E-state index contributed by atoms with van der Waals surface area (Å²) in [5.41, 5.74) is 2.55. The molecule has 20 heavy (non-hydrogen) atoms. The molecule has 1 aromatic rings. The molecule has 0 unspecified atom stereocenters. The highest BCUT2D eigenvalue weighted by atomic mass is 16.5. The van der Waals surface area contributed by atoms with E-state index in [-0.39, 0.29) is 0 Å². The molecule has 1 fully saturated rings. The molecule has 0 aromatic heterocycles. The first-order valence-electron chi connectivity index (χ1n) is 8.18. The van der Waals surface area contributed by atoms with Crippen LogP contribution in [0.4, 0.5) is 0 Å². The van der Waals surface area contributed by atoms with Gasteiger partial charge < -0.3 is 9.64 Å². The zero-order valence-corrected chi connectivity index (χ0v) is 13.2. The van der Waals surface area contributed by atoms with Crippen LogP contribution in [-0.2, 0) is 0 Å². The van der Waals surface area contributed by atoms with Gasteiger partial charge in [-0.05, 0) is 70.8 Å². The van der Waals surface area contributed by atoms with Gasteiger partial charge in [0.15, 0.2) is 0 Å².